The lowest BCUT2D eigenvalue weighted by atomic mass is 10.1. The molecule has 1 aromatic carbocycles. The third-order valence-electron chi connectivity index (χ3n) is 2.99. The monoisotopic (exact) mass is 265 g/mol. The van der Waals surface area contributed by atoms with Crippen LogP contribution in [0, 0.1) is 5.92 Å². The molecule has 0 aliphatic heterocycles. The molecule has 1 unspecified atom stereocenters. The fourth-order valence-corrected chi connectivity index (χ4v) is 1.84. The maximum absolute atomic E-state index is 9.21. The second kappa shape index (κ2) is 8.94. The zero-order chi connectivity index (χ0) is 14.1. The van der Waals surface area contributed by atoms with E-state index in [0.717, 1.165) is 32.6 Å². The first-order chi connectivity index (χ1) is 9.08. The zero-order valence-electron chi connectivity index (χ0n) is 12.4. The van der Waals surface area contributed by atoms with E-state index in [2.05, 4.69) is 26.1 Å². The summed E-state index contributed by atoms with van der Waals surface area (Å²) < 4.78 is 5.53. The van der Waals surface area contributed by atoms with Gasteiger partial charge in [-0.15, -0.1) is 0 Å². The molecule has 3 nitrogen and oxygen atoms in total. The molecule has 0 saturated heterocycles. The number of ether oxygens (including phenoxy) is 1. The van der Waals surface area contributed by atoms with Crippen LogP contribution >= 0.6 is 0 Å². The van der Waals surface area contributed by atoms with Gasteiger partial charge in [-0.2, -0.15) is 0 Å². The van der Waals surface area contributed by atoms with Crippen LogP contribution in [-0.4, -0.2) is 30.9 Å². The van der Waals surface area contributed by atoms with E-state index in [0.29, 0.717) is 17.7 Å². The highest BCUT2D eigenvalue weighted by atomic mass is 16.5. The van der Waals surface area contributed by atoms with Crippen LogP contribution in [0.3, 0.4) is 0 Å². The Kier molecular flexibility index (Phi) is 7.53. The number of aromatic hydroxyl groups is 1. The number of phenols is 1. The van der Waals surface area contributed by atoms with E-state index < -0.39 is 0 Å². The van der Waals surface area contributed by atoms with Crippen LogP contribution in [0.15, 0.2) is 24.3 Å². The molecular formula is C16H27NO2. The minimum atomic E-state index is 0.331. The number of aryl methyl sites for hydroxylation is 1. The quantitative estimate of drug-likeness (QED) is 0.674. The van der Waals surface area contributed by atoms with Gasteiger partial charge in [0.2, 0.25) is 0 Å². The molecule has 1 atom stereocenters. The minimum absolute atomic E-state index is 0.331. The molecule has 108 valence electrons. The number of benzene rings is 1. The number of rotatable bonds is 9. The first-order valence-electron chi connectivity index (χ1n) is 7.17. The van der Waals surface area contributed by atoms with E-state index in [9.17, 15) is 5.11 Å². The molecule has 1 aromatic rings. The lowest BCUT2D eigenvalue weighted by Gasteiger charge is -2.14. The van der Waals surface area contributed by atoms with Crippen molar-refractivity contribution in [3.8, 4) is 5.75 Å². The van der Waals surface area contributed by atoms with Crippen molar-refractivity contribution in [3.05, 3.63) is 29.8 Å². The average molecular weight is 265 g/mol. The molecule has 0 amide bonds. The molecule has 0 aliphatic carbocycles. The summed E-state index contributed by atoms with van der Waals surface area (Å²) in [5, 5.41) is 12.7. The molecule has 0 bridgehead atoms. The van der Waals surface area contributed by atoms with Gasteiger partial charge in [0.25, 0.3) is 0 Å². The molecule has 0 fully saturated rings. The highest BCUT2D eigenvalue weighted by molar-refractivity contribution is 5.25. The second-order valence-electron chi connectivity index (χ2n) is 5.53. The third-order valence-corrected chi connectivity index (χ3v) is 2.99. The normalized spacial score (nSPS) is 12.8. The van der Waals surface area contributed by atoms with Crippen LogP contribution in [0.4, 0.5) is 0 Å². The Labute approximate surface area is 117 Å². The second-order valence-corrected chi connectivity index (χ2v) is 5.53. The Morgan fingerprint density at radius 3 is 2.47 bits per heavy atom. The fourth-order valence-electron chi connectivity index (χ4n) is 1.84. The van der Waals surface area contributed by atoms with E-state index >= 15 is 0 Å². The van der Waals surface area contributed by atoms with Gasteiger partial charge < -0.3 is 15.2 Å². The predicted molar refractivity (Wildman–Crippen MR) is 79.5 cm³/mol. The van der Waals surface area contributed by atoms with Gasteiger partial charge in [0, 0.05) is 19.2 Å². The van der Waals surface area contributed by atoms with Gasteiger partial charge in [-0.1, -0.05) is 26.0 Å². The standard InChI is InChI=1S/C16H27NO2/c1-13(2)12-19-11-10-17-14(3)4-5-15-6-8-16(18)9-7-15/h6-9,13-14,17-18H,4-5,10-12H2,1-3H3. The Morgan fingerprint density at radius 1 is 1.16 bits per heavy atom. The zero-order valence-corrected chi connectivity index (χ0v) is 12.4. The van der Waals surface area contributed by atoms with Crippen LogP contribution in [-0.2, 0) is 11.2 Å². The van der Waals surface area contributed by atoms with Crippen molar-refractivity contribution >= 4 is 0 Å². The average Bonchev–Trinajstić information content (AvgIpc) is 2.37. The number of hydrogen-bond donors (Lipinski definition) is 2. The first-order valence-corrected chi connectivity index (χ1v) is 7.17. The third kappa shape index (κ3) is 7.85. The molecule has 0 radical (unpaired) electrons. The van der Waals surface area contributed by atoms with Gasteiger partial charge >= 0.3 is 0 Å². The van der Waals surface area contributed by atoms with E-state index in [1.807, 2.05) is 12.1 Å². The van der Waals surface area contributed by atoms with E-state index in [4.69, 9.17) is 4.74 Å². The van der Waals surface area contributed by atoms with Gasteiger partial charge in [-0.05, 0) is 43.4 Å². The first kappa shape index (κ1) is 16.0. The van der Waals surface area contributed by atoms with Crippen molar-refractivity contribution in [2.45, 2.75) is 39.7 Å². The molecule has 1 rings (SSSR count). The molecule has 3 heteroatoms. The summed E-state index contributed by atoms with van der Waals surface area (Å²) in [4.78, 5) is 0. The fraction of sp³-hybridized carbons (Fsp3) is 0.625. The minimum Gasteiger partial charge on any atom is -0.508 e. The van der Waals surface area contributed by atoms with Gasteiger partial charge in [0.15, 0.2) is 0 Å². The topological polar surface area (TPSA) is 41.5 Å². The van der Waals surface area contributed by atoms with Gasteiger partial charge in [0.1, 0.15) is 5.75 Å². The van der Waals surface area contributed by atoms with E-state index in [1.165, 1.54) is 5.56 Å². The van der Waals surface area contributed by atoms with Crippen LogP contribution in [0.2, 0.25) is 0 Å². The van der Waals surface area contributed by atoms with E-state index in [-0.39, 0.29) is 0 Å². The Hall–Kier alpha value is -1.06. The van der Waals surface area contributed by atoms with Crippen molar-refractivity contribution < 1.29 is 9.84 Å². The van der Waals surface area contributed by atoms with Gasteiger partial charge in [-0.25, -0.2) is 0 Å². The van der Waals surface area contributed by atoms with Gasteiger partial charge in [-0.3, -0.25) is 0 Å². The Balaban J connectivity index is 2.07. The number of nitrogens with one attached hydrogen (secondary N) is 1. The van der Waals surface area contributed by atoms with Gasteiger partial charge in [0.05, 0.1) is 6.61 Å². The van der Waals surface area contributed by atoms with Crippen LogP contribution < -0.4 is 5.32 Å². The number of phenolic OH excluding ortho intramolecular Hbond substituents is 1. The van der Waals surface area contributed by atoms with Crippen molar-refractivity contribution in [2.24, 2.45) is 5.92 Å². The van der Waals surface area contributed by atoms with Crippen LogP contribution in [0.5, 0.6) is 5.75 Å². The SMILES string of the molecule is CC(C)COCCNC(C)CCc1ccc(O)cc1. The molecule has 0 spiro atoms. The summed E-state index contributed by atoms with van der Waals surface area (Å²) >= 11 is 0. The smallest absolute Gasteiger partial charge is 0.115 e. The Morgan fingerprint density at radius 2 is 1.84 bits per heavy atom. The summed E-state index contributed by atoms with van der Waals surface area (Å²) in [7, 11) is 0. The molecule has 2 N–H and O–H groups in total. The summed E-state index contributed by atoms with van der Waals surface area (Å²) in [6.07, 6.45) is 2.12. The van der Waals surface area contributed by atoms with E-state index in [1.54, 1.807) is 12.1 Å². The molecule has 0 heterocycles. The summed E-state index contributed by atoms with van der Waals surface area (Å²) in [6.45, 7) is 9.04. The molecule has 19 heavy (non-hydrogen) atoms. The maximum Gasteiger partial charge on any atom is 0.115 e. The van der Waals surface area contributed by atoms with Crippen molar-refractivity contribution in [3.63, 3.8) is 0 Å². The lowest BCUT2D eigenvalue weighted by Crippen LogP contribution is -2.30. The lowest BCUT2D eigenvalue weighted by molar-refractivity contribution is 0.110. The summed E-state index contributed by atoms with van der Waals surface area (Å²) in [6, 6.07) is 7.93. The Bertz CT molecular complexity index is 335. The largest absolute Gasteiger partial charge is 0.508 e. The highest BCUT2D eigenvalue weighted by Gasteiger charge is 2.02. The summed E-state index contributed by atoms with van der Waals surface area (Å²) in [5.74, 6) is 0.934. The summed E-state index contributed by atoms with van der Waals surface area (Å²) in [5.41, 5.74) is 1.27. The van der Waals surface area contributed by atoms with Crippen LogP contribution in [0.1, 0.15) is 32.8 Å². The predicted octanol–water partition coefficient (Wildman–Crippen LogP) is 2.98. The molecule has 0 aliphatic rings. The van der Waals surface area contributed by atoms with Crippen LogP contribution in [0.25, 0.3) is 0 Å². The molecular weight excluding hydrogens is 238 g/mol. The highest BCUT2D eigenvalue weighted by Crippen LogP contribution is 2.11. The number of hydrogen-bond acceptors (Lipinski definition) is 3. The molecule has 0 saturated carbocycles. The molecule has 0 aromatic heterocycles. The van der Waals surface area contributed by atoms with Crippen molar-refractivity contribution in [2.75, 3.05) is 19.8 Å². The maximum atomic E-state index is 9.21. The van der Waals surface area contributed by atoms with Crippen molar-refractivity contribution in [1.29, 1.82) is 0 Å². The van der Waals surface area contributed by atoms with Crippen molar-refractivity contribution in [1.82, 2.24) is 5.32 Å².